The lowest BCUT2D eigenvalue weighted by Gasteiger charge is -2.28. The molecule has 0 aliphatic heterocycles. The lowest BCUT2D eigenvalue weighted by molar-refractivity contribution is 0.339. The third-order valence-electron chi connectivity index (χ3n) is 3.33. The average molecular weight is 266 g/mol. The number of hydrogen-bond acceptors (Lipinski definition) is 4. The second-order valence-corrected chi connectivity index (χ2v) is 6.02. The molecule has 0 radical (unpaired) electrons. The molecule has 0 amide bonds. The fourth-order valence-electron chi connectivity index (χ4n) is 2.31. The summed E-state index contributed by atoms with van der Waals surface area (Å²) in [5.74, 6) is 0.888. The quantitative estimate of drug-likeness (QED) is 0.822. The Bertz CT molecular complexity index is 397. The lowest BCUT2D eigenvalue weighted by atomic mass is 9.96. The maximum atomic E-state index is 6.18. The Labute approximate surface area is 113 Å². The van der Waals surface area contributed by atoms with Gasteiger partial charge in [0, 0.05) is 21.9 Å². The molecule has 3 nitrogen and oxygen atoms in total. The van der Waals surface area contributed by atoms with Gasteiger partial charge in [-0.1, -0.05) is 12.8 Å². The highest BCUT2D eigenvalue weighted by Crippen LogP contribution is 2.37. The van der Waals surface area contributed by atoms with E-state index in [0.717, 1.165) is 22.8 Å². The van der Waals surface area contributed by atoms with E-state index in [9.17, 15) is 0 Å². The van der Waals surface area contributed by atoms with Crippen LogP contribution in [0, 0.1) is 0 Å². The first kappa shape index (κ1) is 13.6. The molecule has 1 aliphatic carbocycles. The van der Waals surface area contributed by atoms with Gasteiger partial charge < -0.3 is 16.2 Å². The predicted molar refractivity (Wildman–Crippen MR) is 78.1 cm³/mol. The smallest absolute Gasteiger partial charge is 0.120 e. The Morgan fingerprint density at radius 2 is 2.11 bits per heavy atom. The van der Waals surface area contributed by atoms with E-state index in [1.165, 1.54) is 19.3 Å². The molecule has 1 fully saturated rings. The van der Waals surface area contributed by atoms with Crippen LogP contribution in [0.15, 0.2) is 23.1 Å². The topological polar surface area (TPSA) is 61.3 Å². The summed E-state index contributed by atoms with van der Waals surface area (Å²) in [5.41, 5.74) is 13.0. The van der Waals surface area contributed by atoms with E-state index < -0.39 is 0 Å². The molecule has 1 aliphatic rings. The Kier molecular flexibility index (Phi) is 4.78. The highest BCUT2D eigenvalue weighted by molar-refractivity contribution is 8.00. The second kappa shape index (κ2) is 6.34. The van der Waals surface area contributed by atoms with Crippen molar-refractivity contribution in [3.8, 4) is 5.75 Å². The molecule has 2 atom stereocenters. The van der Waals surface area contributed by atoms with Crippen molar-refractivity contribution in [2.75, 3.05) is 12.3 Å². The van der Waals surface area contributed by atoms with E-state index in [-0.39, 0.29) is 0 Å². The zero-order valence-electron chi connectivity index (χ0n) is 10.9. The molecule has 4 N–H and O–H groups in total. The van der Waals surface area contributed by atoms with Crippen LogP contribution in [0.2, 0.25) is 0 Å². The third-order valence-corrected chi connectivity index (χ3v) is 4.82. The molecular formula is C14H22N2OS. The molecular weight excluding hydrogens is 244 g/mol. The normalized spacial score (nSPS) is 23.9. The molecule has 100 valence electrons. The monoisotopic (exact) mass is 266 g/mol. The van der Waals surface area contributed by atoms with Crippen LogP contribution in [0.3, 0.4) is 0 Å². The van der Waals surface area contributed by atoms with Crippen molar-refractivity contribution in [1.82, 2.24) is 0 Å². The maximum Gasteiger partial charge on any atom is 0.120 e. The number of thioether (sulfide) groups is 1. The van der Waals surface area contributed by atoms with E-state index in [1.54, 1.807) is 0 Å². The Morgan fingerprint density at radius 1 is 1.33 bits per heavy atom. The van der Waals surface area contributed by atoms with E-state index in [1.807, 2.05) is 36.9 Å². The SMILES string of the molecule is CCOc1ccc(N)c(SC2CCCCC2N)c1. The molecule has 0 saturated heterocycles. The molecule has 1 aromatic carbocycles. The minimum atomic E-state index is 0.291. The van der Waals surface area contributed by atoms with Gasteiger partial charge in [0.1, 0.15) is 5.75 Å². The maximum absolute atomic E-state index is 6.18. The van der Waals surface area contributed by atoms with Crippen molar-refractivity contribution in [3.05, 3.63) is 18.2 Å². The van der Waals surface area contributed by atoms with Crippen molar-refractivity contribution in [2.45, 2.75) is 48.8 Å². The fraction of sp³-hybridized carbons (Fsp3) is 0.571. The summed E-state index contributed by atoms with van der Waals surface area (Å²) >= 11 is 1.81. The summed E-state index contributed by atoms with van der Waals surface area (Å²) in [6.45, 7) is 2.66. The van der Waals surface area contributed by atoms with Gasteiger partial charge in [0.05, 0.1) is 6.61 Å². The Hall–Kier alpha value is -0.870. The first-order valence-electron chi connectivity index (χ1n) is 6.65. The number of hydrogen-bond donors (Lipinski definition) is 2. The number of nitrogens with two attached hydrogens (primary N) is 2. The van der Waals surface area contributed by atoms with Gasteiger partial charge in [0.2, 0.25) is 0 Å². The fourth-order valence-corrected chi connectivity index (χ4v) is 3.62. The molecule has 1 saturated carbocycles. The zero-order valence-corrected chi connectivity index (χ0v) is 11.7. The summed E-state index contributed by atoms with van der Waals surface area (Å²) in [4.78, 5) is 1.10. The minimum absolute atomic E-state index is 0.291. The van der Waals surface area contributed by atoms with Gasteiger partial charge in [0.15, 0.2) is 0 Å². The van der Waals surface area contributed by atoms with Crippen molar-refractivity contribution in [1.29, 1.82) is 0 Å². The lowest BCUT2D eigenvalue weighted by Crippen LogP contribution is -2.35. The van der Waals surface area contributed by atoms with Crippen LogP contribution in [-0.2, 0) is 0 Å². The van der Waals surface area contributed by atoms with Gasteiger partial charge >= 0.3 is 0 Å². The van der Waals surface area contributed by atoms with Crippen LogP contribution in [0.5, 0.6) is 5.75 Å². The summed E-state index contributed by atoms with van der Waals surface area (Å²) in [7, 11) is 0. The van der Waals surface area contributed by atoms with Gasteiger partial charge in [-0.3, -0.25) is 0 Å². The molecule has 4 heteroatoms. The van der Waals surface area contributed by atoms with Gasteiger partial charge in [0.25, 0.3) is 0 Å². The molecule has 18 heavy (non-hydrogen) atoms. The predicted octanol–water partition coefficient (Wildman–Crippen LogP) is 3.03. The summed E-state index contributed by atoms with van der Waals surface area (Å²) in [5, 5.41) is 0.484. The average Bonchev–Trinajstić information content (AvgIpc) is 2.36. The first-order chi connectivity index (χ1) is 8.70. The molecule has 0 spiro atoms. The van der Waals surface area contributed by atoms with Crippen molar-refractivity contribution >= 4 is 17.4 Å². The van der Waals surface area contributed by atoms with Crippen molar-refractivity contribution in [2.24, 2.45) is 5.73 Å². The molecule has 2 rings (SSSR count). The molecule has 0 aromatic heterocycles. The van der Waals surface area contributed by atoms with Crippen molar-refractivity contribution in [3.63, 3.8) is 0 Å². The molecule has 0 heterocycles. The molecule has 1 aromatic rings. The first-order valence-corrected chi connectivity index (χ1v) is 7.53. The largest absolute Gasteiger partial charge is 0.494 e. The summed E-state index contributed by atoms with van der Waals surface area (Å²) in [6, 6.07) is 6.16. The Morgan fingerprint density at radius 3 is 2.83 bits per heavy atom. The van der Waals surface area contributed by atoms with E-state index >= 15 is 0 Å². The number of nitrogen functional groups attached to an aromatic ring is 1. The standard InChI is InChI=1S/C14H22N2OS/c1-2-17-10-7-8-12(16)14(9-10)18-13-6-4-3-5-11(13)15/h7-9,11,13H,2-6,15-16H2,1H3. The van der Waals surface area contributed by atoms with Gasteiger partial charge in [-0.05, 0) is 38.0 Å². The van der Waals surface area contributed by atoms with E-state index in [0.29, 0.717) is 17.9 Å². The van der Waals surface area contributed by atoms with Crippen molar-refractivity contribution < 1.29 is 4.74 Å². The minimum Gasteiger partial charge on any atom is -0.494 e. The van der Waals surface area contributed by atoms with Crippen LogP contribution < -0.4 is 16.2 Å². The van der Waals surface area contributed by atoms with Crippen LogP contribution in [-0.4, -0.2) is 17.9 Å². The number of ether oxygens (including phenoxy) is 1. The van der Waals surface area contributed by atoms with Crippen LogP contribution in [0.1, 0.15) is 32.6 Å². The van der Waals surface area contributed by atoms with Gasteiger partial charge in [-0.2, -0.15) is 0 Å². The number of benzene rings is 1. The van der Waals surface area contributed by atoms with E-state index in [2.05, 4.69) is 0 Å². The second-order valence-electron chi connectivity index (χ2n) is 4.74. The third kappa shape index (κ3) is 3.33. The molecule has 0 bridgehead atoms. The zero-order chi connectivity index (χ0) is 13.0. The van der Waals surface area contributed by atoms with Crippen LogP contribution >= 0.6 is 11.8 Å². The summed E-state index contributed by atoms with van der Waals surface area (Å²) in [6.07, 6.45) is 4.84. The number of anilines is 1. The van der Waals surface area contributed by atoms with Gasteiger partial charge in [-0.25, -0.2) is 0 Å². The van der Waals surface area contributed by atoms with Crippen LogP contribution in [0.25, 0.3) is 0 Å². The van der Waals surface area contributed by atoms with Gasteiger partial charge in [-0.15, -0.1) is 11.8 Å². The van der Waals surface area contributed by atoms with E-state index in [4.69, 9.17) is 16.2 Å². The van der Waals surface area contributed by atoms with Crippen LogP contribution in [0.4, 0.5) is 5.69 Å². The number of rotatable bonds is 4. The highest BCUT2D eigenvalue weighted by Gasteiger charge is 2.23. The highest BCUT2D eigenvalue weighted by atomic mass is 32.2. The molecule has 2 unspecified atom stereocenters. The Balaban J connectivity index is 2.09. The summed E-state index contributed by atoms with van der Waals surface area (Å²) < 4.78 is 5.52.